The summed E-state index contributed by atoms with van der Waals surface area (Å²) in [7, 11) is 1.64. The lowest BCUT2D eigenvalue weighted by atomic mass is 9.99. The first-order chi connectivity index (χ1) is 14.8. The van der Waals surface area contributed by atoms with Crippen LogP contribution in [-0.2, 0) is 4.79 Å². The Morgan fingerprint density at radius 3 is 2.58 bits per heavy atom. The van der Waals surface area contributed by atoms with Crippen molar-refractivity contribution in [3.63, 3.8) is 0 Å². The molecular formula is C22H31N5O4. The zero-order valence-electron chi connectivity index (χ0n) is 18.3. The number of amides is 3. The van der Waals surface area contributed by atoms with E-state index in [2.05, 4.69) is 17.1 Å². The summed E-state index contributed by atoms with van der Waals surface area (Å²) in [5, 5.41) is 13.1. The topological polar surface area (TPSA) is 97.7 Å². The molecule has 3 unspecified atom stereocenters. The smallest absolute Gasteiger partial charge is 0.325 e. The van der Waals surface area contributed by atoms with Crippen molar-refractivity contribution in [1.29, 1.82) is 0 Å². The van der Waals surface area contributed by atoms with Gasteiger partial charge in [0, 0.05) is 20.1 Å². The molecule has 9 heteroatoms. The van der Waals surface area contributed by atoms with Crippen molar-refractivity contribution in [1.82, 2.24) is 20.0 Å². The second kappa shape index (κ2) is 8.74. The van der Waals surface area contributed by atoms with E-state index in [-0.39, 0.29) is 19.1 Å². The highest BCUT2D eigenvalue weighted by Crippen LogP contribution is 2.28. The van der Waals surface area contributed by atoms with Gasteiger partial charge in [-0.15, -0.1) is 0 Å². The standard InChI is InChI=1S/C22H31N5O4/c1-14-4-6-17(7-5-14)31-13-16(28)12-27-18-19(25(3)22(30)24-20(18)29)23-21(27)26-10-8-15(2)9-11-26/h4-7,15-16,18-19,28H,8-13H2,1-3H3,(H,24,29,30). The van der Waals surface area contributed by atoms with Gasteiger partial charge in [0.05, 0.1) is 6.54 Å². The number of likely N-dealkylation sites (tertiary alicyclic amines) is 1. The maximum absolute atomic E-state index is 12.7. The SMILES string of the molecule is Cc1ccc(OCC(O)CN2C(N3CCC(C)CC3)=NC3C2C(=O)NC(=O)N3C)cc1. The van der Waals surface area contributed by atoms with Crippen molar-refractivity contribution in [3.8, 4) is 5.75 Å². The lowest BCUT2D eigenvalue weighted by molar-refractivity contribution is -0.127. The van der Waals surface area contributed by atoms with E-state index < -0.39 is 24.3 Å². The summed E-state index contributed by atoms with van der Waals surface area (Å²) in [6.07, 6.45) is 0.662. The van der Waals surface area contributed by atoms with E-state index in [9.17, 15) is 14.7 Å². The number of aliphatic hydroxyl groups excluding tert-OH is 1. The van der Waals surface area contributed by atoms with E-state index in [1.165, 1.54) is 4.90 Å². The number of likely N-dealkylation sites (N-methyl/N-ethyl adjacent to an activating group) is 1. The summed E-state index contributed by atoms with van der Waals surface area (Å²) in [6.45, 7) is 6.19. The van der Waals surface area contributed by atoms with E-state index in [1.807, 2.05) is 36.1 Å². The Bertz CT molecular complexity index is 850. The minimum Gasteiger partial charge on any atom is -0.491 e. The molecular weight excluding hydrogens is 398 g/mol. The van der Waals surface area contributed by atoms with Crippen LogP contribution in [0.4, 0.5) is 4.79 Å². The molecule has 4 rings (SSSR count). The number of carbonyl (C=O) groups excluding carboxylic acids is 2. The summed E-state index contributed by atoms with van der Waals surface area (Å²) in [6, 6.07) is 6.52. The van der Waals surface area contributed by atoms with Gasteiger partial charge in [-0.3, -0.25) is 10.1 Å². The van der Waals surface area contributed by atoms with Crippen LogP contribution in [0.15, 0.2) is 29.3 Å². The summed E-state index contributed by atoms with van der Waals surface area (Å²) in [4.78, 5) is 35.0. The predicted molar refractivity (Wildman–Crippen MR) is 116 cm³/mol. The van der Waals surface area contributed by atoms with Crippen molar-refractivity contribution in [2.75, 3.05) is 33.3 Å². The molecule has 0 bridgehead atoms. The predicted octanol–water partition coefficient (Wildman–Crippen LogP) is 1.01. The number of fused-ring (bicyclic) bond motifs is 1. The van der Waals surface area contributed by atoms with Crippen molar-refractivity contribution in [2.24, 2.45) is 10.9 Å². The third kappa shape index (κ3) is 4.46. The van der Waals surface area contributed by atoms with Crippen LogP contribution in [0, 0.1) is 12.8 Å². The molecule has 2 fully saturated rings. The zero-order valence-corrected chi connectivity index (χ0v) is 18.3. The largest absolute Gasteiger partial charge is 0.491 e. The molecule has 168 valence electrons. The Balaban J connectivity index is 1.49. The number of hydrogen-bond acceptors (Lipinski definition) is 7. The summed E-state index contributed by atoms with van der Waals surface area (Å²) < 4.78 is 5.73. The number of β-amino-alcohol motifs (C(OH)–C–C–N with tert-alkyl or cyclic N) is 1. The number of nitrogens with one attached hydrogen (secondary N) is 1. The molecule has 1 aromatic carbocycles. The zero-order chi connectivity index (χ0) is 22.1. The Labute approximate surface area is 182 Å². The Hall–Kier alpha value is -2.81. The van der Waals surface area contributed by atoms with Gasteiger partial charge in [-0.05, 0) is 37.8 Å². The maximum atomic E-state index is 12.7. The highest BCUT2D eigenvalue weighted by Gasteiger charge is 2.50. The van der Waals surface area contributed by atoms with E-state index in [1.54, 1.807) is 7.05 Å². The van der Waals surface area contributed by atoms with Crippen molar-refractivity contribution >= 4 is 17.9 Å². The number of aryl methyl sites for hydroxylation is 1. The Morgan fingerprint density at radius 1 is 1.23 bits per heavy atom. The lowest BCUT2D eigenvalue weighted by Crippen LogP contribution is -2.65. The molecule has 0 spiro atoms. The molecule has 0 aromatic heterocycles. The number of guanidine groups is 1. The molecule has 3 amide bonds. The average molecular weight is 430 g/mol. The van der Waals surface area contributed by atoms with Gasteiger partial charge in [-0.2, -0.15) is 0 Å². The molecule has 0 radical (unpaired) electrons. The normalized spacial score (nSPS) is 25.3. The van der Waals surface area contributed by atoms with Crippen LogP contribution in [0.3, 0.4) is 0 Å². The third-order valence-corrected chi connectivity index (χ3v) is 6.28. The van der Waals surface area contributed by atoms with Crippen LogP contribution in [0.2, 0.25) is 0 Å². The number of nitrogens with zero attached hydrogens (tertiary/aromatic N) is 4. The van der Waals surface area contributed by atoms with E-state index >= 15 is 0 Å². The lowest BCUT2D eigenvalue weighted by Gasteiger charge is -2.39. The van der Waals surface area contributed by atoms with Gasteiger partial charge in [-0.25, -0.2) is 9.79 Å². The number of aliphatic imine (C=N–C) groups is 1. The molecule has 3 heterocycles. The van der Waals surface area contributed by atoms with Gasteiger partial charge < -0.3 is 24.5 Å². The van der Waals surface area contributed by atoms with Crippen LogP contribution in [0.5, 0.6) is 5.75 Å². The third-order valence-electron chi connectivity index (χ3n) is 6.28. The monoisotopic (exact) mass is 429 g/mol. The van der Waals surface area contributed by atoms with Gasteiger partial charge in [0.2, 0.25) is 0 Å². The van der Waals surface area contributed by atoms with E-state index in [0.29, 0.717) is 17.6 Å². The van der Waals surface area contributed by atoms with Gasteiger partial charge in [0.15, 0.2) is 18.2 Å². The first-order valence-electron chi connectivity index (χ1n) is 10.9. The number of rotatable bonds is 5. The summed E-state index contributed by atoms with van der Waals surface area (Å²) in [5.74, 6) is 1.62. The molecule has 0 saturated carbocycles. The fraction of sp³-hybridized carbons (Fsp3) is 0.591. The molecule has 9 nitrogen and oxygen atoms in total. The Morgan fingerprint density at radius 2 is 1.90 bits per heavy atom. The molecule has 2 N–H and O–H groups in total. The molecule has 3 aliphatic rings. The number of ether oxygens (including phenoxy) is 1. The van der Waals surface area contributed by atoms with Gasteiger partial charge >= 0.3 is 6.03 Å². The maximum Gasteiger partial charge on any atom is 0.325 e. The molecule has 0 aliphatic carbocycles. The van der Waals surface area contributed by atoms with Gasteiger partial charge in [0.25, 0.3) is 5.91 Å². The first-order valence-corrected chi connectivity index (χ1v) is 10.9. The van der Waals surface area contributed by atoms with Crippen molar-refractivity contribution in [2.45, 2.75) is 45.0 Å². The highest BCUT2D eigenvalue weighted by molar-refractivity contribution is 6.03. The molecule has 3 aliphatic heterocycles. The number of benzene rings is 1. The fourth-order valence-corrected chi connectivity index (χ4v) is 4.29. The second-order valence-electron chi connectivity index (χ2n) is 8.79. The number of imide groups is 1. The van der Waals surface area contributed by atoms with Crippen LogP contribution in [-0.4, -0.2) is 89.3 Å². The van der Waals surface area contributed by atoms with Gasteiger partial charge in [-0.1, -0.05) is 24.6 Å². The number of hydrogen-bond donors (Lipinski definition) is 2. The number of carbonyl (C=O) groups is 2. The van der Waals surface area contributed by atoms with Crippen LogP contribution >= 0.6 is 0 Å². The molecule has 2 saturated heterocycles. The van der Waals surface area contributed by atoms with Gasteiger partial charge in [0.1, 0.15) is 18.5 Å². The second-order valence-corrected chi connectivity index (χ2v) is 8.79. The molecule has 3 atom stereocenters. The Kier molecular flexibility index (Phi) is 6.04. The summed E-state index contributed by atoms with van der Waals surface area (Å²) >= 11 is 0. The van der Waals surface area contributed by atoms with Crippen LogP contribution in [0.25, 0.3) is 0 Å². The number of aliphatic hydroxyl groups is 1. The summed E-state index contributed by atoms with van der Waals surface area (Å²) in [5.41, 5.74) is 1.13. The number of piperidine rings is 1. The molecule has 1 aromatic rings. The quantitative estimate of drug-likeness (QED) is 0.725. The minimum atomic E-state index is -0.829. The van der Waals surface area contributed by atoms with Crippen molar-refractivity contribution in [3.05, 3.63) is 29.8 Å². The number of urea groups is 1. The highest BCUT2D eigenvalue weighted by atomic mass is 16.5. The van der Waals surface area contributed by atoms with Crippen LogP contribution in [0.1, 0.15) is 25.3 Å². The van der Waals surface area contributed by atoms with E-state index in [0.717, 1.165) is 31.5 Å². The van der Waals surface area contributed by atoms with E-state index in [4.69, 9.17) is 9.73 Å². The molecule has 31 heavy (non-hydrogen) atoms. The first kappa shape index (κ1) is 21.4. The average Bonchev–Trinajstić information content (AvgIpc) is 3.12. The van der Waals surface area contributed by atoms with Crippen LogP contribution < -0.4 is 10.1 Å². The van der Waals surface area contributed by atoms with Crippen molar-refractivity contribution < 1.29 is 19.4 Å². The fourth-order valence-electron chi connectivity index (χ4n) is 4.29. The minimum absolute atomic E-state index is 0.0949.